The van der Waals surface area contributed by atoms with Crippen LogP contribution in [-0.2, 0) is 17.9 Å². The number of carbonyl (C=O) groups is 1. The van der Waals surface area contributed by atoms with Crippen LogP contribution in [0.2, 0.25) is 0 Å². The molecular formula is C33H40N6O4. The Morgan fingerprint density at radius 3 is 1.91 bits per heavy atom. The Morgan fingerprint density at radius 2 is 1.37 bits per heavy atom. The minimum atomic E-state index is -0.283. The third-order valence-corrected chi connectivity index (χ3v) is 8.36. The molecule has 0 saturated carbocycles. The number of phenolic OH excluding ortho intramolecular Hbond substituents is 2. The highest BCUT2D eigenvalue weighted by Crippen LogP contribution is 2.38. The Labute approximate surface area is 252 Å². The van der Waals surface area contributed by atoms with Gasteiger partial charge in [-0.1, -0.05) is 55.3 Å². The fourth-order valence-electron chi connectivity index (χ4n) is 5.52. The largest absolute Gasteiger partial charge is 0.508 e. The standard InChI is InChI=1S/C33H40N6O4/c1-22(2)28-17-29(31(42)18-30(28)41)32-34-35-33(43)39(32)27-11-7-25(8-12-27)20-38-15-13-37(14-16-38)19-24-5-9-26(10-6-24)23(3)36(4)21-40/h5-12,17-18,21-23,41-42H,13-16,19-20H2,1-4H3,(H,35,43). The number of hydrogen-bond donors (Lipinski definition) is 3. The molecule has 43 heavy (non-hydrogen) atoms. The second-order valence-corrected chi connectivity index (χ2v) is 11.6. The van der Waals surface area contributed by atoms with Crippen LogP contribution in [0.1, 0.15) is 55.0 Å². The maximum absolute atomic E-state index is 11.1. The third-order valence-electron chi connectivity index (χ3n) is 8.36. The van der Waals surface area contributed by atoms with Gasteiger partial charge in [0.25, 0.3) is 0 Å². The molecule has 0 radical (unpaired) electrons. The minimum absolute atomic E-state index is 0.0145. The summed E-state index contributed by atoms with van der Waals surface area (Å²) in [4.78, 5) is 17.6. The van der Waals surface area contributed by atoms with Crippen LogP contribution in [0, 0.1) is 0 Å². The van der Waals surface area contributed by atoms with E-state index in [1.54, 1.807) is 18.0 Å². The zero-order chi connectivity index (χ0) is 30.7. The van der Waals surface area contributed by atoms with Gasteiger partial charge in [0.1, 0.15) is 11.5 Å². The fraction of sp³-hybridized carbons (Fsp3) is 0.364. The lowest BCUT2D eigenvalue weighted by Gasteiger charge is -2.34. The first-order chi connectivity index (χ1) is 20.6. The molecule has 5 rings (SSSR count). The molecule has 3 aromatic carbocycles. The summed E-state index contributed by atoms with van der Waals surface area (Å²) in [6.45, 7) is 11.6. The zero-order valence-corrected chi connectivity index (χ0v) is 25.2. The number of aromatic hydroxyl groups is 3. The van der Waals surface area contributed by atoms with Gasteiger partial charge in [0.15, 0.2) is 5.82 Å². The molecule has 0 bridgehead atoms. The molecule has 1 aromatic heterocycles. The topological polar surface area (TPSA) is 118 Å². The molecule has 1 aliphatic rings. The van der Waals surface area contributed by atoms with Gasteiger partial charge in [0, 0.05) is 52.4 Å². The lowest BCUT2D eigenvalue weighted by molar-refractivity contribution is -0.118. The van der Waals surface area contributed by atoms with Gasteiger partial charge in [-0.25, -0.2) is 4.57 Å². The van der Waals surface area contributed by atoms with Crippen molar-refractivity contribution in [1.82, 2.24) is 29.5 Å². The smallest absolute Gasteiger partial charge is 0.319 e. The maximum atomic E-state index is 11.1. The summed E-state index contributed by atoms with van der Waals surface area (Å²) in [6, 6.07) is 19.2. The molecule has 1 saturated heterocycles. The van der Waals surface area contributed by atoms with Gasteiger partial charge < -0.3 is 20.2 Å². The number of aromatic nitrogens is 3. The van der Waals surface area contributed by atoms with Crippen molar-refractivity contribution in [3.05, 3.63) is 82.9 Å². The van der Waals surface area contributed by atoms with Crippen molar-refractivity contribution in [2.24, 2.45) is 0 Å². The van der Waals surface area contributed by atoms with E-state index in [9.17, 15) is 20.1 Å². The lowest BCUT2D eigenvalue weighted by atomic mass is 9.98. The van der Waals surface area contributed by atoms with Crippen LogP contribution in [0.4, 0.5) is 0 Å². The highest BCUT2D eigenvalue weighted by atomic mass is 16.3. The Kier molecular flexibility index (Phi) is 8.98. The molecule has 1 aliphatic heterocycles. The number of benzene rings is 3. The van der Waals surface area contributed by atoms with Crippen LogP contribution in [-0.4, -0.2) is 84.4 Å². The molecule has 10 nitrogen and oxygen atoms in total. The Morgan fingerprint density at radius 1 is 0.814 bits per heavy atom. The predicted molar refractivity (Wildman–Crippen MR) is 165 cm³/mol. The van der Waals surface area contributed by atoms with Crippen LogP contribution in [0.15, 0.2) is 60.7 Å². The first kappa shape index (κ1) is 30.1. The highest BCUT2D eigenvalue weighted by molar-refractivity contribution is 5.69. The van der Waals surface area contributed by atoms with Crippen LogP contribution in [0.25, 0.3) is 17.1 Å². The van der Waals surface area contributed by atoms with Crippen molar-refractivity contribution in [1.29, 1.82) is 0 Å². The second-order valence-electron chi connectivity index (χ2n) is 11.6. The van der Waals surface area contributed by atoms with Gasteiger partial charge in [-0.05, 0) is 53.3 Å². The summed E-state index contributed by atoms with van der Waals surface area (Å²) in [5.41, 5.74) is 5.28. The molecule has 3 N–H and O–H groups in total. The van der Waals surface area contributed by atoms with Gasteiger partial charge in [-0.3, -0.25) is 14.6 Å². The number of carbonyl (C=O) groups excluding carboxylic acids is 1. The molecule has 2 heterocycles. The Hall–Kier alpha value is -4.41. The summed E-state index contributed by atoms with van der Waals surface area (Å²) in [5.74, 6) is 0.197. The van der Waals surface area contributed by atoms with E-state index in [2.05, 4.69) is 44.3 Å². The zero-order valence-electron chi connectivity index (χ0n) is 25.2. The van der Waals surface area contributed by atoms with Crippen LogP contribution >= 0.6 is 0 Å². The summed E-state index contributed by atoms with van der Waals surface area (Å²) in [5, 5.41) is 39.3. The first-order valence-electron chi connectivity index (χ1n) is 14.6. The van der Waals surface area contributed by atoms with Crippen LogP contribution in [0.3, 0.4) is 0 Å². The molecule has 10 heteroatoms. The molecule has 226 valence electrons. The van der Waals surface area contributed by atoms with Crippen molar-refractivity contribution in [2.75, 3.05) is 33.2 Å². The molecule has 0 aliphatic carbocycles. The minimum Gasteiger partial charge on any atom is -0.508 e. The summed E-state index contributed by atoms with van der Waals surface area (Å²) < 4.78 is 1.49. The van der Waals surface area contributed by atoms with E-state index in [0.717, 1.165) is 56.8 Å². The molecule has 1 atom stereocenters. The number of rotatable bonds is 10. The summed E-state index contributed by atoms with van der Waals surface area (Å²) >= 11 is 0. The monoisotopic (exact) mass is 584 g/mol. The molecule has 1 unspecified atom stereocenters. The van der Waals surface area contributed by atoms with Gasteiger partial charge in [-0.15, -0.1) is 5.10 Å². The number of amides is 1. The van der Waals surface area contributed by atoms with E-state index in [1.165, 1.54) is 16.2 Å². The van der Waals surface area contributed by atoms with Gasteiger partial charge in [0.2, 0.25) is 6.41 Å². The average molecular weight is 585 g/mol. The quantitative estimate of drug-likeness (QED) is 0.231. The van der Waals surface area contributed by atoms with Crippen molar-refractivity contribution in [3.8, 4) is 34.6 Å². The fourth-order valence-corrected chi connectivity index (χ4v) is 5.52. The van der Waals surface area contributed by atoms with E-state index in [0.29, 0.717) is 22.6 Å². The van der Waals surface area contributed by atoms with Crippen LogP contribution < -0.4 is 0 Å². The summed E-state index contributed by atoms with van der Waals surface area (Å²) in [6.07, 6.45) is 0.859. The normalized spacial score (nSPS) is 15.1. The van der Waals surface area contributed by atoms with E-state index in [4.69, 9.17) is 0 Å². The van der Waals surface area contributed by atoms with E-state index in [-0.39, 0.29) is 29.5 Å². The number of piperazine rings is 1. The SMILES string of the molecule is CC(C)c1cc(-c2nnc(O)n2-c2ccc(CN3CCN(Cc4ccc(C(C)N(C)C=O)cc4)CC3)cc2)c(O)cc1O. The van der Waals surface area contributed by atoms with E-state index in [1.807, 2.05) is 45.0 Å². The second kappa shape index (κ2) is 12.8. The Balaban J connectivity index is 1.20. The maximum Gasteiger partial charge on any atom is 0.319 e. The van der Waals surface area contributed by atoms with Gasteiger partial charge >= 0.3 is 6.01 Å². The van der Waals surface area contributed by atoms with Gasteiger partial charge in [-0.2, -0.15) is 0 Å². The average Bonchev–Trinajstić information content (AvgIpc) is 3.38. The Bertz CT molecular complexity index is 1540. The molecular weight excluding hydrogens is 544 g/mol. The first-order valence-corrected chi connectivity index (χ1v) is 14.6. The van der Waals surface area contributed by atoms with Gasteiger partial charge in [0.05, 0.1) is 17.3 Å². The molecule has 1 fully saturated rings. The highest BCUT2D eigenvalue weighted by Gasteiger charge is 2.22. The molecule has 0 spiro atoms. The number of phenols is 2. The van der Waals surface area contributed by atoms with E-state index >= 15 is 0 Å². The van der Waals surface area contributed by atoms with Crippen molar-refractivity contribution < 1.29 is 20.1 Å². The number of nitrogens with zero attached hydrogens (tertiary/aromatic N) is 6. The van der Waals surface area contributed by atoms with Crippen molar-refractivity contribution in [2.45, 2.75) is 45.8 Å². The number of hydrogen-bond acceptors (Lipinski definition) is 8. The summed E-state index contributed by atoms with van der Waals surface area (Å²) in [7, 11) is 1.80. The molecule has 1 amide bonds. The molecule has 4 aromatic rings. The van der Waals surface area contributed by atoms with Crippen LogP contribution in [0.5, 0.6) is 17.5 Å². The van der Waals surface area contributed by atoms with Crippen molar-refractivity contribution >= 4 is 6.41 Å². The lowest BCUT2D eigenvalue weighted by Crippen LogP contribution is -2.45. The van der Waals surface area contributed by atoms with E-state index < -0.39 is 0 Å². The predicted octanol–water partition coefficient (Wildman–Crippen LogP) is 4.64. The third kappa shape index (κ3) is 6.65. The van der Waals surface area contributed by atoms with Crippen molar-refractivity contribution in [3.63, 3.8) is 0 Å².